The van der Waals surface area contributed by atoms with Crippen LogP contribution < -0.4 is 15.0 Å². The number of likely N-dealkylation sites (tertiary alicyclic amines) is 1. The summed E-state index contributed by atoms with van der Waals surface area (Å²) in [6, 6.07) is 9.51. The van der Waals surface area contributed by atoms with Crippen molar-refractivity contribution in [2.24, 2.45) is 5.92 Å². The summed E-state index contributed by atoms with van der Waals surface area (Å²) in [4.78, 5) is 40.1. The molecule has 13 heteroatoms. The van der Waals surface area contributed by atoms with Crippen molar-refractivity contribution in [3.05, 3.63) is 53.8 Å². The first kappa shape index (κ1) is 29.3. The molecule has 2 aliphatic heterocycles. The van der Waals surface area contributed by atoms with Gasteiger partial charge in [0.1, 0.15) is 17.4 Å². The molecule has 1 aromatic heterocycles. The SMILES string of the molecule is CN(C)C(=O)C1CCN(c2nc(N[C@H]3CCN(C(=O)Cc4ccc(OC(F)(F)F)cc4)C3)nc3cc(F)ccc23)CC1. The third-order valence-corrected chi connectivity index (χ3v) is 7.61. The van der Waals surface area contributed by atoms with E-state index in [-0.39, 0.29) is 35.9 Å². The maximum Gasteiger partial charge on any atom is 0.573 e. The number of fused-ring (bicyclic) bond motifs is 1. The summed E-state index contributed by atoms with van der Waals surface area (Å²) in [5.74, 6) is 0.151. The van der Waals surface area contributed by atoms with Gasteiger partial charge in [0.2, 0.25) is 17.8 Å². The molecule has 1 N–H and O–H groups in total. The standard InChI is InChI=1S/C29H32F4N6O3/c1-37(2)27(41)19-9-12-38(13-10-19)26-23-8-5-20(30)16-24(23)35-28(36-26)34-21-11-14-39(17-21)25(40)15-18-3-6-22(7-4-18)42-29(31,32)33/h3-8,16,19,21H,9-15,17H2,1-2H3,(H,34,35,36)/t21-/m0/s1. The summed E-state index contributed by atoms with van der Waals surface area (Å²) >= 11 is 0. The van der Waals surface area contributed by atoms with Crippen LogP contribution in [0.15, 0.2) is 42.5 Å². The third-order valence-electron chi connectivity index (χ3n) is 7.61. The van der Waals surface area contributed by atoms with Crippen LogP contribution in [0.2, 0.25) is 0 Å². The van der Waals surface area contributed by atoms with Crippen LogP contribution in [0.25, 0.3) is 10.9 Å². The Kier molecular flexibility index (Phi) is 8.37. The summed E-state index contributed by atoms with van der Waals surface area (Å²) in [5.41, 5.74) is 1.03. The molecular weight excluding hydrogens is 556 g/mol. The van der Waals surface area contributed by atoms with E-state index >= 15 is 0 Å². The topological polar surface area (TPSA) is 90.9 Å². The number of hydrogen-bond acceptors (Lipinski definition) is 7. The van der Waals surface area contributed by atoms with Crippen molar-refractivity contribution in [2.45, 2.75) is 38.1 Å². The number of nitrogens with zero attached hydrogens (tertiary/aromatic N) is 5. The Morgan fingerprint density at radius 3 is 2.40 bits per heavy atom. The van der Waals surface area contributed by atoms with Gasteiger partial charge in [0.15, 0.2) is 0 Å². The van der Waals surface area contributed by atoms with Crippen LogP contribution >= 0.6 is 0 Å². The van der Waals surface area contributed by atoms with Crippen molar-refractivity contribution in [3.63, 3.8) is 0 Å². The van der Waals surface area contributed by atoms with Crippen LogP contribution in [0, 0.1) is 11.7 Å². The minimum absolute atomic E-state index is 0.0429. The van der Waals surface area contributed by atoms with Gasteiger partial charge >= 0.3 is 6.36 Å². The number of hydrogen-bond donors (Lipinski definition) is 1. The number of alkyl halides is 3. The van der Waals surface area contributed by atoms with E-state index in [1.807, 2.05) is 0 Å². The number of amides is 2. The van der Waals surface area contributed by atoms with E-state index in [0.29, 0.717) is 73.7 Å². The smallest absolute Gasteiger partial charge is 0.406 e. The Hall–Kier alpha value is -4.16. The molecule has 3 aromatic rings. The number of anilines is 2. The summed E-state index contributed by atoms with van der Waals surface area (Å²) < 4.78 is 55.2. The van der Waals surface area contributed by atoms with E-state index in [4.69, 9.17) is 4.98 Å². The summed E-state index contributed by atoms with van der Waals surface area (Å²) in [7, 11) is 3.51. The highest BCUT2D eigenvalue weighted by Crippen LogP contribution is 2.31. The fourth-order valence-electron chi connectivity index (χ4n) is 5.48. The van der Waals surface area contributed by atoms with Gasteiger partial charge in [-0.1, -0.05) is 12.1 Å². The highest BCUT2D eigenvalue weighted by molar-refractivity contribution is 5.91. The van der Waals surface area contributed by atoms with Crippen LogP contribution in [0.3, 0.4) is 0 Å². The lowest BCUT2D eigenvalue weighted by molar-refractivity contribution is -0.274. The predicted octanol–water partition coefficient (Wildman–Crippen LogP) is 4.23. The molecular formula is C29H32F4N6O3. The Labute approximate surface area is 240 Å². The molecule has 2 fully saturated rings. The van der Waals surface area contributed by atoms with Gasteiger partial charge in [0.25, 0.3) is 0 Å². The molecule has 2 aromatic carbocycles. The van der Waals surface area contributed by atoms with Gasteiger partial charge in [-0.3, -0.25) is 9.59 Å². The second kappa shape index (κ2) is 12.0. The first-order valence-corrected chi connectivity index (χ1v) is 13.8. The Balaban J connectivity index is 1.24. The lowest BCUT2D eigenvalue weighted by Gasteiger charge is -2.34. The highest BCUT2D eigenvalue weighted by atomic mass is 19.4. The fourth-order valence-corrected chi connectivity index (χ4v) is 5.48. The first-order valence-electron chi connectivity index (χ1n) is 13.8. The van der Waals surface area contributed by atoms with Crippen LogP contribution in [0.5, 0.6) is 5.75 Å². The lowest BCUT2D eigenvalue weighted by Crippen LogP contribution is -2.40. The molecule has 0 unspecified atom stereocenters. The van der Waals surface area contributed by atoms with Gasteiger partial charge in [-0.05, 0) is 49.1 Å². The Bertz CT molecular complexity index is 1440. The monoisotopic (exact) mass is 588 g/mol. The maximum atomic E-state index is 14.1. The van der Waals surface area contributed by atoms with E-state index in [1.54, 1.807) is 30.0 Å². The van der Waals surface area contributed by atoms with Crippen molar-refractivity contribution in [2.75, 3.05) is 50.5 Å². The molecule has 0 saturated carbocycles. The van der Waals surface area contributed by atoms with E-state index in [1.165, 1.54) is 36.4 Å². The van der Waals surface area contributed by atoms with Gasteiger partial charge in [-0.25, -0.2) is 9.37 Å². The van der Waals surface area contributed by atoms with E-state index in [0.717, 1.165) is 0 Å². The van der Waals surface area contributed by atoms with Crippen molar-refractivity contribution >= 4 is 34.5 Å². The molecule has 0 spiro atoms. The number of benzene rings is 2. The average molecular weight is 589 g/mol. The summed E-state index contributed by atoms with van der Waals surface area (Å²) in [6.45, 7) is 2.14. The fraction of sp³-hybridized carbons (Fsp3) is 0.448. The highest BCUT2D eigenvalue weighted by Gasteiger charge is 2.32. The molecule has 1 atom stereocenters. The van der Waals surface area contributed by atoms with Crippen molar-refractivity contribution in [1.29, 1.82) is 0 Å². The number of carbonyl (C=O) groups is 2. The second-order valence-electron chi connectivity index (χ2n) is 10.9. The van der Waals surface area contributed by atoms with E-state index in [2.05, 4.69) is 19.9 Å². The number of ether oxygens (including phenoxy) is 1. The van der Waals surface area contributed by atoms with Crippen molar-refractivity contribution in [1.82, 2.24) is 19.8 Å². The van der Waals surface area contributed by atoms with Crippen LogP contribution in [-0.4, -0.2) is 84.3 Å². The van der Waals surface area contributed by atoms with E-state index < -0.39 is 12.2 Å². The average Bonchev–Trinajstić information content (AvgIpc) is 3.41. The molecule has 5 rings (SSSR count). The number of carbonyl (C=O) groups excluding carboxylic acids is 2. The largest absolute Gasteiger partial charge is 0.573 e. The molecule has 224 valence electrons. The molecule has 9 nitrogen and oxygen atoms in total. The molecule has 0 radical (unpaired) electrons. The number of rotatable bonds is 7. The molecule has 2 aliphatic rings. The first-order chi connectivity index (χ1) is 19.9. The molecule has 0 bridgehead atoms. The molecule has 2 saturated heterocycles. The molecule has 42 heavy (non-hydrogen) atoms. The van der Waals surface area contributed by atoms with Crippen molar-refractivity contribution < 1.29 is 31.9 Å². The van der Waals surface area contributed by atoms with Crippen molar-refractivity contribution in [3.8, 4) is 5.75 Å². The van der Waals surface area contributed by atoms with Crippen LogP contribution in [-0.2, 0) is 16.0 Å². The number of aromatic nitrogens is 2. The minimum Gasteiger partial charge on any atom is -0.406 e. The lowest BCUT2D eigenvalue weighted by atomic mass is 9.95. The van der Waals surface area contributed by atoms with Gasteiger partial charge in [-0.15, -0.1) is 13.2 Å². The third kappa shape index (κ3) is 7.00. The maximum absolute atomic E-state index is 14.1. The van der Waals surface area contributed by atoms with Gasteiger partial charge in [0.05, 0.1) is 11.9 Å². The summed E-state index contributed by atoms with van der Waals surface area (Å²) in [5, 5.41) is 4.02. The van der Waals surface area contributed by atoms with Gasteiger partial charge in [-0.2, -0.15) is 4.98 Å². The number of piperidine rings is 1. The molecule has 0 aliphatic carbocycles. The predicted molar refractivity (Wildman–Crippen MR) is 149 cm³/mol. The van der Waals surface area contributed by atoms with Gasteiger partial charge < -0.3 is 24.8 Å². The normalized spacial score (nSPS) is 17.9. The number of halogens is 4. The zero-order valence-electron chi connectivity index (χ0n) is 23.3. The minimum atomic E-state index is -4.78. The number of nitrogens with one attached hydrogen (secondary N) is 1. The molecule has 3 heterocycles. The quantitative estimate of drug-likeness (QED) is 0.414. The molecule has 2 amide bonds. The van der Waals surface area contributed by atoms with E-state index in [9.17, 15) is 27.2 Å². The summed E-state index contributed by atoms with van der Waals surface area (Å²) in [6.07, 6.45) is -2.72. The Morgan fingerprint density at radius 1 is 1.02 bits per heavy atom. The Morgan fingerprint density at radius 2 is 1.74 bits per heavy atom. The zero-order chi connectivity index (χ0) is 30.0. The van der Waals surface area contributed by atoms with Crippen LogP contribution in [0.4, 0.5) is 29.3 Å². The second-order valence-corrected chi connectivity index (χ2v) is 10.9. The van der Waals surface area contributed by atoms with Crippen LogP contribution in [0.1, 0.15) is 24.8 Å². The van der Waals surface area contributed by atoms with Gasteiger partial charge in [0, 0.05) is 63.7 Å². The zero-order valence-corrected chi connectivity index (χ0v) is 23.3.